The van der Waals surface area contributed by atoms with Crippen molar-refractivity contribution in [3.05, 3.63) is 58.4 Å². The number of hydrogen-bond acceptors (Lipinski definition) is 6. The van der Waals surface area contributed by atoms with Crippen LogP contribution in [0, 0.1) is 6.92 Å². The summed E-state index contributed by atoms with van der Waals surface area (Å²) in [5, 5.41) is 0. The fourth-order valence-electron chi connectivity index (χ4n) is 4.37. The monoisotopic (exact) mass is 529 g/mol. The molecule has 1 aliphatic heterocycles. The Kier molecular flexibility index (Phi) is 8.07. The van der Waals surface area contributed by atoms with Gasteiger partial charge in [-0.3, -0.25) is 9.59 Å². The Bertz CT molecular complexity index is 1440. The zero-order valence-corrected chi connectivity index (χ0v) is 22.4. The molecule has 0 bridgehead atoms. The number of methoxy groups -OCH3 is 1. The molecular formula is C26H31N3O5S2. The van der Waals surface area contributed by atoms with E-state index < -0.39 is 27.9 Å². The normalized spacial score (nSPS) is 17.1. The molecule has 1 unspecified atom stereocenters. The minimum absolute atomic E-state index is 0.0903. The lowest BCUT2D eigenvalue weighted by Gasteiger charge is -2.21. The summed E-state index contributed by atoms with van der Waals surface area (Å²) in [7, 11) is -2.53. The van der Waals surface area contributed by atoms with Crippen molar-refractivity contribution in [3.8, 4) is 0 Å². The van der Waals surface area contributed by atoms with Gasteiger partial charge in [0.2, 0.25) is 10.0 Å². The lowest BCUT2D eigenvalue weighted by atomic mass is 10.1. The van der Waals surface area contributed by atoms with Gasteiger partial charge < -0.3 is 9.30 Å². The van der Waals surface area contributed by atoms with Gasteiger partial charge >= 0.3 is 5.97 Å². The van der Waals surface area contributed by atoms with Gasteiger partial charge in [0.05, 0.1) is 22.2 Å². The number of carbonyl (C=O) groups excluding carboxylic acids is 2. The second kappa shape index (κ2) is 11.1. The molecular weight excluding hydrogens is 498 g/mol. The second-order valence-electron chi connectivity index (χ2n) is 8.99. The summed E-state index contributed by atoms with van der Waals surface area (Å²) in [5.41, 5.74) is 2.92. The number of sulfonamides is 1. The third-order valence-electron chi connectivity index (χ3n) is 6.40. The van der Waals surface area contributed by atoms with Crippen molar-refractivity contribution >= 4 is 43.5 Å². The summed E-state index contributed by atoms with van der Waals surface area (Å²) in [5.74, 6) is -0.984. The molecule has 0 spiro atoms. The number of esters is 1. The molecule has 8 nitrogen and oxygen atoms in total. The maximum atomic E-state index is 13.4. The molecule has 0 N–H and O–H groups in total. The number of hydrogen-bond donors (Lipinski definition) is 0. The highest BCUT2D eigenvalue weighted by molar-refractivity contribution is 7.89. The van der Waals surface area contributed by atoms with E-state index in [1.54, 1.807) is 28.8 Å². The average Bonchev–Trinajstić information content (AvgIpc) is 3.48. The van der Waals surface area contributed by atoms with Crippen LogP contribution in [0.3, 0.4) is 0 Å². The van der Waals surface area contributed by atoms with Gasteiger partial charge in [0.15, 0.2) is 4.80 Å². The SMILES string of the molecule is CCCCc1ccc2c(c1)sc(=NC(=O)C1CCCN1S(=O)(=O)c1ccc(C)cc1)n2CC(=O)OC. The van der Waals surface area contributed by atoms with Gasteiger partial charge in [-0.05, 0) is 62.4 Å². The van der Waals surface area contributed by atoms with Crippen molar-refractivity contribution < 1.29 is 22.7 Å². The van der Waals surface area contributed by atoms with Crippen LogP contribution in [-0.4, -0.2) is 48.9 Å². The molecule has 1 amide bonds. The molecule has 3 aromatic rings. The molecule has 0 aliphatic carbocycles. The summed E-state index contributed by atoms with van der Waals surface area (Å²) in [6, 6.07) is 11.8. The number of aromatic nitrogens is 1. The number of unbranched alkanes of at least 4 members (excludes halogenated alkanes) is 1. The van der Waals surface area contributed by atoms with Crippen molar-refractivity contribution in [3.63, 3.8) is 0 Å². The largest absolute Gasteiger partial charge is 0.468 e. The van der Waals surface area contributed by atoms with Crippen LogP contribution in [-0.2, 0) is 37.3 Å². The zero-order chi connectivity index (χ0) is 25.9. The van der Waals surface area contributed by atoms with Crippen LogP contribution in [0.25, 0.3) is 10.2 Å². The number of amides is 1. The lowest BCUT2D eigenvalue weighted by Crippen LogP contribution is -2.40. The maximum absolute atomic E-state index is 13.4. The summed E-state index contributed by atoms with van der Waals surface area (Å²) in [6.07, 6.45) is 4.08. The molecule has 4 rings (SSSR count). The predicted molar refractivity (Wildman–Crippen MR) is 139 cm³/mol. The summed E-state index contributed by atoms with van der Waals surface area (Å²) < 4.78 is 35.3. The molecule has 2 aromatic carbocycles. The molecule has 192 valence electrons. The summed E-state index contributed by atoms with van der Waals surface area (Å²) in [6.45, 7) is 4.20. The Hall–Kier alpha value is -2.82. The Morgan fingerprint density at radius 2 is 1.92 bits per heavy atom. The minimum atomic E-state index is -3.84. The fraction of sp³-hybridized carbons (Fsp3) is 0.423. The van der Waals surface area contributed by atoms with Crippen LogP contribution in [0.4, 0.5) is 0 Å². The van der Waals surface area contributed by atoms with Crippen molar-refractivity contribution in [1.82, 2.24) is 8.87 Å². The highest BCUT2D eigenvalue weighted by Gasteiger charge is 2.39. The van der Waals surface area contributed by atoms with E-state index in [0.717, 1.165) is 35.0 Å². The zero-order valence-electron chi connectivity index (χ0n) is 20.8. The Morgan fingerprint density at radius 3 is 2.61 bits per heavy atom. The first-order valence-corrected chi connectivity index (χ1v) is 14.4. The van der Waals surface area contributed by atoms with Gasteiger partial charge in [0.25, 0.3) is 5.91 Å². The van der Waals surface area contributed by atoms with E-state index in [1.165, 1.54) is 28.3 Å². The molecule has 10 heteroatoms. The van der Waals surface area contributed by atoms with E-state index in [0.29, 0.717) is 17.6 Å². The molecule has 1 saturated heterocycles. The number of nitrogens with zero attached hydrogens (tertiary/aromatic N) is 3. The third kappa shape index (κ3) is 5.45. The number of thiazole rings is 1. The quantitative estimate of drug-likeness (QED) is 0.414. The van der Waals surface area contributed by atoms with Crippen molar-refractivity contribution in [2.45, 2.75) is 63.4 Å². The number of benzene rings is 2. The Morgan fingerprint density at radius 1 is 1.17 bits per heavy atom. The fourth-order valence-corrected chi connectivity index (χ4v) is 7.12. The van der Waals surface area contributed by atoms with E-state index in [-0.39, 0.29) is 18.0 Å². The summed E-state index contributed by atoms with van der Waals surface area (Å²) >= 11 is 1.32. The maximum Gasteiger partial charge on any atom is 0.325 e. The van der Waals surface area contributed by atoms with E-state index in [9.17, 15) is 18.0 Å². The van der Waals surface area contributed by atoms with Gasteiger partial charge in [0, 0.05) is 6.54 Å². The molecule has 2 heterocycles. The van der Waals surface area contributed by atoms with E-state index in [4.69, 9.17) is 4.74 Å². The molecule has 1 aliphatic rings. The predicted octanol–water partition coefficient (Wildman–Crippen LogP) is 3.81. The number of rotatable bonds is 8. The van der Waals surface area contributed by atoms with Gasteiger partial charge in [-0.15, -0.1) is 0 Å². The van der Waals surface area contributed by atoms with Gasteiger partial charge in [0.1, 0.15) is 12.6 Å². The number of ether oxygens (including phenoxy) is 1. The van der Waals surface area contributed by atoms with Gasteiger partial charge in [-0.2, -0.15) is 9.30 Å². The van der Waals surface area contributed by atoms with E-state index in [1.807, 2.05) is 19.1 Å². The highest BCUT2D eigenvalue weighted by Crippen LogP contribution is 2.27. The van der Waals surface area contributed by atoms with E-state index in [2.05, 4.69) is 18.0 Å². The van der Waals surface area contributed by atoms with Crippen LogP contribution in [0.1, 0.15) is 43.7 Å². The topological polar surface area (TPSA) is 98.0 Å². The molecule has 0 saturated carbocycles. The summed E-state index contributed by atoms with van der Waals surface area (Å²) in [4.78, 5) is 30.4. The van der Waals surface area contributed by atoms with Crippen molar-refractivity contribution in [1.29, 1.82) is 0 Å². The lowest BCUT2D eigenvalue weighted by molar-refractivity contribution is -0.141. The molecule has 1 fully saturated rings. The van der Waals surface area contributed by atoms with Crippen LogP contribution in [0.15, 0.2) is 52.4 Å². The Labute approximate surface area is 215 Å². The minimum Gasteiger partial charge on any atom is -0.468 e. The first kappa shape index (κ1) is 26.2. The number of carbonyl (C=O) groups is 2. The number of fused-ring (bicyclic) bond motifs is 1. The highest BCUT2D eigenvalue weighted by atomic mass is 32.2. The standard InChI is InChI=1S/C26H31N3O5S2/c1-4-5-7-19-11-14-21-23(16-19)35-26(28(21)17-24(30)34-3)27-25(31)22-8-6-15-29(22)36(32,33)20-12-9-18(2)10-13-20/h9-14,16,22H,4-8,15,17H2,1-3H3. The van der Waals surface area contributed by atoms with E-state index >= 15 is 0 Å². The molecule has 0 radical (unpaired) electrons. The van der Waals surface area contributed by atoms with Crippen LogP contribution in [0.2, 0.25) is 0 Å². The molecule has 36 heavy (non-hydrogen) atoms. The third-order valence-corrected chi connectivity index (χ3v) is 9.37. The van der Waals surface area contributed by atoms with Gasteiger partial charge in [-0.25, -0.2) is 8.42 Å². The Balaban J connectivity index is 1.72. The first-order chi connectivity index (χ1) is 17.2. The van der Waals surface area contributed by atoms with Crippen LogP contribution >= 0.6 is 11.3 Å². The average molecular weight is 530 g/mol. The van der Waals surface area contributed by atoms with Crippen molar-refractivity contribution in [2.75, 3.05) is 13.7 Å². The van der Waals surface area contributed by atoms with Crippen LogP contribution in [0.5, 0.6) is 0 Å². The number of aryl methyl sites for hydroxylation is 2. The second-order valence-corrected chi connectivity index (χ2v) is 11.9. The molecule has 1 atom stereocenters. The smallest absolute Gasteiger partial charge is 0.325 e. The van der Waals surface area contributed by atoms with Crippen LogP contribution < -0.4 is 4.80 Å². The van der Waals surface area contributed by atoms with Gasteiger partial charge in [-0.1, -0.05) is 48.4 Å². The first-order valence-electron chi connectivity index (χ1n) is 12.1. The molecule has 1 aromatic heterocycles. The van der Waals surface area contributed by atoms with Crippen molar-refractivity contribution in [2.24, 2.45) is 4.99 Å².